The molecular weight excluding hydrogens is 392 g/mol. The monoisotopic (exact) mass is 412 g/mol. The highest BCUT2D eigenvalue weighted by Crippen LogP contribution is 2.24. The van der Waals surface area contributed by atoms with Gasteiger partial charge in [0, 0.05) is 22.2 Å². The summed E-state index contributed by atoms with van der Waals surface area (Å²) in [5.41, 5.74) is 0.669. The van der Waals surface area contributed by atoms with Crippen LogP contribution in [0.4, 0.5) is 4.79 Å². The van der Waals surface area contributed by atoms with E-state index < -0.39 is 24.0 Å². The fraction of sp³-hybridized carbons (Fsp3) is 0.353. The van der Waals surface area contributed by atoms with E-state index in [1.54, 1.807) is 26.0 Å². The van der Waals surface area contributed by atoms with Gasteiger partial charge in [0.05, 0.1) is 7.11 Å². The topological polar surface area (TPSA) is 93.7 Å². The number of nitrogens with one attached hydrogen (secondary N) is 2. The average molecular weight is 413 g/mol. The Bertz CT molecular complexity index is 673. The largest absolute Gasteiger partial charge is 0.496 e. The van der Waals surface area contributed by atoms with Crippen molar-refractivity contribution in [3.63, 3.8) is 0 Å². The minimum absolute atomic E-state index is 0.117. The van der Waals surface area contributed by atoms with Crippen molar-refractivity contribution in [1.82, 2.24) is 10.6 Å². The van der Waals surface area contributed by atoms with E-state index in [2.05, 4.69) is 26.6 Å². The number of imide groups is 1. The summed E-state index contributed by atoms with van der Waals surface area (Å²) in [5.74, 6) is -0.836. The second-order valence-electron chi connectivity index (χ2n) is 5.42. The van der Waals surface area contributed by atoms with Crippen molar-refractivity contribution in [1.29, 1.82) is 0 Å². The molecule has 0 saturated carbocycles. The molecule has 7 nitrogen and oxygen atoms in total. The summed E-state index contributed by atoms with van der Waals surface area (Å²) >= 11 is 3.34. The van der Waals surface area contributed by atoms with Crippen molar-refractivity contribution in [2.45, 2.75) is 32.9 Å². The lowest BCUT2D eigenvalue weighted by molar-refractivity contribution is -0.149. The molecule has 0 heterocycles. The third-order valence-electron chi connectivity index (χ3n) is 2.91. The molecule has 0 radical (unpaired) electrons. The number of urea groups is 1. The minimum atomic E-state index is -1.11. The van der Waals surface area contributed by atoms with Gasteiger partial charge in [0.2, 0.25) is 0 Å². The Morgan fingerprint density at radius 3 is 2.48 bits per heavy atom. The molecule has 0 saturated heterocycles. The lowest BCUT2D eigenvalue weighted by Crippen LogP contribution is -2.46. The Morgan fingerprint density at radius 1 is 1.20 bits per heavy atom. The second-order valence-corrected chi connectivity index (χ2v) is 6.33. The van der Waals surface area contributed by atoms with E-state index in [0.717, 1.165) is 4.47 Å². The zero-order valence-electron chi connectivity index (χ0n) is 14.5. The molecular formula is C17H21BrN2O5. The Labute approximate surface area is 154 Å². The summed E-state index contributed by atoms with van der Waals surface area (Å²) in [4.78, 5) is 35.1. The van der Waals surface area contributed by atoms with Crippen LogP contribution in [0.25, 0.3) is 6.08 Å². The lowest BCUT2D eigenvalue weighted by atomic mass is 10.2. The molecule has 136 valence electrons. The van der Waals surface area contributed by atoms with Crippen LogP contribution in [0.5, 0.6) is 5.75 Å². The van der Waals surface area contributed by atoms with Gasteiger partial charge in [0.25, 0.3) is 5.91 Å². The normalized spacial score (nSPS) is 11.9. The molecule has 0 bridgehead atoms. The van der Waals surface area contributed by atoms with Crippen molar-refractivity contribution in [3.05, 3.63) is 34.3 Å². The Kier molecular flexibility index (Phi) is 8.13. The average Bonchev–Trinajstić information content (AvgIpc) is 2.52. The third kappa shape index (κ3) is 7.38. The Morgan fingerprint density at radius 2 is 1.88 bits per heavy atom. The summed E-state index contributed by atoms with van der Waals surface area (Å²) in [6, 6.07) is 4.57. The van der Waals surface area contributed by atoms with Crippen LogP contribution in [-0.4, -0.2) is 37.2 Å². The zero-order valence-corrected chi connectivity index (χ0v) is 16.0. The van der Waals surface area contributed by atoms with Crippen LogP contribution < -0.4 is 15.4 Å². The van der Waals surface area contributed by atoms with E-state index in [0.29, 0.717) is 11.3 Å². The smallest absolute Gasteiger partial charge is 0.331 e. The fourth-order valence-electron chi connectivity index (χ4n) is 1.77. The molecule has 0 aliphatic heterocycles. The summed E-state index contributed by atoms with van der Waals surface area (Å²) in [6.45, 7) is 4.90. The van der Waals surface area contributed by atoms with Crippen molar-refractivity contribution in [3.8, 4) is 5.75 Å². The molecule has 1 aromatic carbocycles. The Balaban J connectivity index is 2.62. The van der Waals surface area contributed by atoms with E-state index in [1.807, 2.05) is 6.07 Å². The molecule has 0 aliphatic rings. The molecule has 3 amide bonds. The fourth-order valence-corrected chi connectivity index (χ4v) is 2.15. The van der Waals surface area contributed by atoms with Crippen molar-refractivity contribution in [2.24, 2.45) is 0 Å². The minimum Gasteiger partial charge on any atom is -0.496 e. The second kappa shape index (κ2) is 9.83. The van der Waals surface area contributed by atoms with Crippen LogP contribution in [-0.2, 0) is 14.3 Å². The third-order valence-corrected chi connectivity index (χ3v) is 3.40. The van der Waals surface area contributed by atoms with E-state index >= 15 is 0 Å². The van der Waals surface area contributed by atoms with Crippen molar-refractivity contribution >= 4 is 39.9 Å². The number of benzene rings is 1. The number of rotatable bonds is 6. The van der Waals surface area contributed by atoms with E-state index in [1.165, 1.54) is 26.2 Å². The first kappa shape index (κ1) is 20.7. The van der Waals surface area contributed by atoms with Gasteiger partial charge >= 0.3 is 12.0 Å². The molecule has 2 N–H and O–H groups in total. The van der Waals surface area contributed by atoms with Gasteiger partial charge in [0.1, 0.15) is 5.75 Å². The van der Waals surface area contributed by atoms with Gasteiger partial charge in [-0.1, -0.05) is 15.9 Å². The first-order valence-corrected chi connectivity index (χ1v) is 8.35. The molecule has 1 atom stereocenters. The number of hydrogen-bond acceptors (Lipinski definition) is 5. The van der Waals surface area contributed by atoms with Crippen LogP contribution >= 0.6 is 15.9 Å². The molecule has 0 spiro atoms. The van der Waals surface area contributed by atoms with Crippen LogP contribution in [0.3, 0.4) is 0 Å². The maximum Gasteiger partial charge on any atom is 0.331 e. The maximum atomic E-state index is 11.8. The van der Waals surface area contributed by atoms with Crippen LogP contribution in [0, 0.1) is 0 Å². The molecule has 0 aliphatic carbocycles. The first-order valence-electron chi connectivity index (χ1n) is 7.56. The summed E-state index contributed by atoms with van der Waals surface area (Å²) in [5, 5.41) is 4.60. The molecule has 1 aromatic rings. The zero-order chi connectivity index (χ0) is 19.0. The van der Waals surface area contributed by atoms with Gasteiger partial charge in [-0.3, -0.25) is 10.1 Å². The first-order chi connectivity index (χ1) is 11.7. The van der Waals surface area contributed by atoms with Crippen molar-refractivity contribution < 1.29 is 23.9 Å². The highest BCUT2D eigenvalue weighted by molar-refractivity contribution is 9.10. The SMILES string of the molecule is COc1ccc(Br)cc1/C=C/C(=O)O[C@@H](C)C(=O)NC(=O)NC(C)C. The van der Waals surface area contributed by atoms with Crippen molar-refractivity contribution in [2.75, 3.05) is 7.11 Å². The quantitative estimate of drug-likeness (QED) is 0.553. The number of ether oxygens (including phenoxy) is 2. The number of hydrogen-bond donors (Lipinski definition) is 2. The van der Waals surface area contributed by atoms with Crippen LogP contribution in [0.1, 0.15) is 26.3 Å². The Hall–Kier alpha value is -2.35. The van der Waals surface area contributed by atoms with Crippen LogP contribution in [0.2, 0.25) is 0 Å². The standard InChI is InChI=1S/C17H21BrN2O5/c1-10(2)19-17(23)20-16(22)11(3)25-15(21)8-5-12-9-13(18)6-7-14(12)24-4/h5-11H,1-4H3,(H2,19,20,22,23)/b8-5+/t11-/m0/s1. The van der Waals surface area contributed by atoms with Gasteiger partial charge in [-0.15, -0.1) is 0 Å². The molecule has 0 unspecified atom stereocenters. The lowest BCUT2D eigenvalue weighted by Gasteiger charge is -2.13. The predicted molar refractivity (Wildman–Crippen MR) is 97.1 cm³/mol. The van der Waals surface area contributed by atoms with Gasteiger partial charge < -0.3 is 14.8 Å². The van der Waals surface area contributed by atoms with E-state index in [4.69, 9.17) is 9.47 Å². The van der Waals surface area contributed by atoms with Gasteiger partial charge in [-0.05, 0) is 45.0 Å². The number of methoxy groups -OCH3 is 1. The molecule has 0 aromatic heterocycles. The number of halogens is 1. The van der Waals surface area contributed by atoms with E-state index in [-0.39, 0.29) is 6.04 Å². The van der Waals surface area contributed by atoms with Gasteiger partial charge in [0.15, 0.2) is 6.10 Å². The maximum absolute atomic E-state index is 11.8. The summed E-state index contributed by atoms with van der Waals surface area (Å²) < 4.78 is 11.0. The summed E-state index contributed by atoms with van der Waals surface area (Å²) in [6.07, 6.45) is 1.59. The summed E-state index contributed by atoms with van der Waals surface area (Å²) in [7, 11) is 1.52. The molecule has 8 heteroatoms. The van der Waals surface area contributed by atoms with E-state index in [9.17, 15) is 14.4 Å². The van der Waals surface area contributed by atoms with Crippen LogP contribution in [0.15, 0.2) is 28.7 Å². The van der Waals surface area contributed by atoms with Gasteiger partial charge in [-0.25, -0.2) is 9.59 Å². The molecule has 0 fully saturated rings. The number of carbonyl (C=O) groups excluding carboxylic acids is 3. The highest BCUT2D eigenvalue weighted by Gasteiger charge is 2.19. The van der Waals surface area contributed by atoms with Gasteiger partial charge in [-0.2, -0.15) is 0 Å². The predicted octanol–water partition coefficient (Wildman–Crippen LogP) is 2.64. The number of carbonyl (C=O) groups is 3. The molecule has 1 rings (SSSR count). The number of amides is 3. The number of esters is 1. The highest BCUT2D eigenvalue weighted by atomic mass is 79.9. The molecule has 25 heavy (non-hydrogen) atoms.